The third-order valence-corrected chi connectivity index (χ3v) is 4.03. The minimum Gasteiger partial charge on any atom is -0.481 e. The minimum absolute atomic E-state index is 0.0376. The van der Waals surface area contributed by atoms with Crippen LogP contribution in [0.1, 0.15) is 18.1 Å². The lowest BCUT2D eigenvalue weighted by atomic mass is 10.1. The van der Waals surface area contributed by atoms with Crippen LogP contribution in [0.2, 0.25) is 5.02 Å². The molecule has 0 spiro atoms. The number of hydrogen-bond acceptors (Lipinski definition) is 4. The molecule has 0 saturated carbocycles. The van der Waals surface area contributed by atoms with Gasteiger partial charge in [0.2, 0.25) is 0 Å². The van der Waals surface area contributed by atoms with Crippen LogP contribution in [-0.4, -0.2) is 16.9 Å². The van der Waals surface area contributed by atoms with Crippen LogP contribution in [0.4, 0.5) is 11.4 Å². The van der Waals surface area contributed by atoms with Crippen LogP contribution in [0.3, 0.4) is 0 Å². The number of nitrogens with zero attached hydrogens (tertiary/aromatic N) is 1. The molecule has 0 aromatic heterocycles. The van der Waals surface area contributed by atoms with Gasteiger partial charge in [0.05, 0.1) is 4.92 Å². The number of ether oxygens (including phenoxy) is 1. The number of nitro groups is 1. The molecule has 126 valence electrons. The van der Waals surface area contributed by atoms with Crippen LogP contribution < -0.4 is 10.1 Å². The van der Waals surface area contributed by atoms with Gasteiger partial charge in [-0.3, -0.25) is 14.9 Å². The molecule has 0 aliphatic heterocycles. The van der Waals surface area contributed by atoms with Gasteiger partial charge in [0.15, 0.2) is 6.10 Å². The van der Waals surface area contributed by atoms with Gasteiger partial charge in [0.1, 0.15) is 5.75 Å². The van der Waals surface area contributed by atoms with E-state index in [2.05, 4.69) is 5.32 Å². The molecule has 2 aromatic carbocycles. The highest BCUT2D eigenvalue weighted by Gasteiger charge is 2.16. The summed E-state index contributed by atoms with van der Waals surface area (Å²) >= 11 is 6.11. The van der Waals surface area contributed by atoms with E-state index in [4.69, 9.17) is 16.3 Å². The monoisotopic (exact) mass is 348 g/mol. The molecule has 6 nitrogen and oxygen atoms in total. The summed E-state index contributed by atoms with van der Waals surface area (Å²) in [5, 5.41) is 13.9. The van der Waals surface area contributed by atoms with Crippen LogP contribution in [-0.2, 0) is 4.79 Å². The van der Waals surface area contributed by atoms with E-state index < -0.39 is 11.0 Å². The Bertz CT molecular complexity index is 752. The Kier molecular flexibility index (Phi) is 5.41. The van der Waals surface area contributed by atoms with Crippen molar-refractivity contribution in [3.63, 3.8) is 0 Å². The van der Waals surface area contributed by atoms with Crippen molar-refractivity contribution in [1.82, 2.24) is 0 Å². The molecule has 1 amide bonds. The first kappa shape index (κ1) is 17.7. The summed E-state index contributed by atoms with van der Waals surface area (Å²) in [5.41, 5.74) is 2.17. The number of carbonyl (C=O) groups excluding carboxylic acids is 1. The molecule has 0 radical (unpaired) electrons. The predicted molar refractivity (Wildman–Crippen MR) is 92.7 cm³/mol. The lowest BCUT2D eigenvalue weighted by Gasteiger charge is -2.16. The summed E-state index contributed by atoms with van der Waals surface area (Å²) in [5.74, 6) is 0.204. The van der Waals surface area contributed by atoms with Gasteiger partial charge in [-0.2, -0.15) is 0 Å². The average molecular weight is 349 g/mol. The number of anilines is 1. The molecule has 24 heavy (non-hydrogen) atoms. The SMILES string of the molecule is Cc1cc(OC(C)C(=O)Nc2ccc([N+](=O)[O-])cc2)cc(C)c1Cl. The predicted octanol–water partition coefficient (Wildman–Crippen LogP) is 4.27. The topological polar surface area (TPSA) is 81.5 Å². The summed E-state index contributed by atoms with van der Waals surface area (Å²) in [6.45, 7) is 5.35. The first-order chi connectivity index (χ1) is 11.3. The molecular weight excluding hydrogens is 332 g/mol. The molecule has 0 heterocycles. The maximum atomic E-state index is 12.2. The number of non-ortho nitro benzene ring substituents is 1. The van der Waals surface area contributed by atoms with Gasteiger partial charge < -0.3 is 10.1 Å². The number of hydrogen-bond donors (Lipinski definition) is 1. The zero-order chi connectivity index (χ0) is 17.9. The lowest BCUT2D eigenvalue weighted by Crippen LogP contribution is -2.30. The molecule has 7 heteroatoms. The third-order valence-electron chi connectivity index (χ3n) is 3.44. The quantitative estimate of drug-likeness (QED) is 0.646. The Labute approximate surface area is 144 Å². The van der Waals surface area contributed by atoms with Crippen LogP contribution in [0.15, 0.2) is 36.4 Å². The highest BCUT2D eigenvalue weighted by molar-refractivity contribution is 6.32. The van der Waals surface area contributed by atoms with E-state index in [1.54, 1.807) is 19.1 Å². The Hall–Kier alpha value is -2.60. The van der Waals surface area contributed by atoms with Crippen molar-refractivity contribution in [1.29, 1.82) is 0 Å². The largest absolute Gasteiger partial charge is 0.481 e. The summed E-state index contributed by atoms with van der Waals surface area (Å²) in [4.78, 5) is 22.3. The van der Waals surface area contributed by atoms with Crippen molar-refractivity contribution in [3.8, 4) is 5.75 Å². The van der Waals surface area contributed by atoms with Gasteiger partial charge in [-0.15, -0.1) is 0 Å². The van der Waals surface area contributed by atoms with E-state index in [1.165, 1.54) is 24.3 Å². The maximum Gasteiger partial charge on any atom is 0.269 e. The van der Waals surface area contributed by atoms with E-state index in [-0.39, 0.29) is 11.6 Å². The zero-order valence-corrected chi connectivity index (χ0v) is 14.3. The van der Waals surface area contributed by atoms with Crippen LogP contribution in [0, 0.1) is 24.0 Å². The number of amides is 1. The molecule has 1 unspecified atom stereocenters. The standard InChI is InChI=1S/C17H17ClN2O4/c1-10-8-15(9-11(2)16(10)18)24-12(3)17(21)19-13-4-6-14(7-5-13)20(22)23/h4-9,12H,1-3H3,(H,19,21). The number of benzene rings is 2. The number of nitrogens with one attached hydrogen (secondary N) is 1. The molecule has 0 aliphatic rings. The van der Waals surface area contributed by atoms with Crippen molar-refractivity contribution >= 4 is 28.9 Å². The van der Waals surface area contributed by atoms with E-state index in [0.717, 1.165) is 11.1 Å². The van der Waals surface area contributed by atoms with Gasteiger partial charge in [-0.05, 0) is 56.2 Å². The molecule has 2 rings (SSSR count). The van der Waals surface area contributed by atoms with Crippen molar-refractivity contribution in [2.75, 3.05) is 5.32 Å². The molecule has 2 aromatic rings. The Morgan fingerprint density at radius 1 is 1.21 bits per heavy atom. The van der Waals surface area contributed by atoms with E-state index in [0.29, 0.717) is 16.5 Å². The van der Waals surface area contributed by atoms with Crippen molar-refractivity contribution in [2.24, 2.45) is 0 Å². The zero-order valence-electron chi connectivity index (χ0n) is 13.5. The molecular formula is C17H17ClN2O4. The van der Waals surface area contributed by atoms with Gasteiger partial charge in [-0.1, -0.05) is 11.6 Å². The summed E-state index contributed by atoms with van der Waals surface area (Å²) in [6.07, 6.45) is -0.736. The molecule has 1 atom stereocenters. The molecule has 0 aliphatic carbocycles. The summed E-state index contributed by atoms with van der Waals surface area (Å²) in [6, 6.07) is 9.13. The number of halogens is 1. The Morgan fingerprint density at radius 2 is 1.75 bits per heavy atom. The normalized spacial score (nSPS) is 11.7. The lowest BCUT2D eigenvalue weighted by molar-refractivity contribution is -0.384. The fraction of sp³-hybridized carbons (Fsp3) is 0.235. The second kappa shape index (κ2) is 7.31. The second-order valence-electron chi connectivity index (χ2n) is 5.42. The molecule has 1 N–H and O–H groups in total. The fourth-order valence-corrected chi connectivity index (χ4v) is 2.25. The number of carbonyl (C=O) groups is 1. The van der Waals surface area contributed by atoms with Gasteiger partial charge in [0, 0.05) is 22.8 Å². The van der Waals surface area contributed by atoms with E-state index in [1.807, 2.05) is 13.8 Å². The molecule has 0 saturated heterocycles. The van der Waals surface area contributed by atoms with Crippen molar-refractivity contribution in [2.45, 2.75) is 26.9 Å². The van der Waals surface area contributed by atoms with Crippen molar-refractivity contribution in [3.05, 3.63) is 62.7 Å². The third kappa shape index (κ3) is 4.23. The first-order valence-electron chi connectivity index (χ1n) is 7.26. The highest BCUT2D eigenvalue weighted by atomic mass is 35.5. The van der Waals surface area contributed by atoms with E-state index >= 15 is 0 Å². The van der Waals surface area contributed by atoms with Gasteiger partial charge in [-0.25, -0.2) is 0 Å². The summed E-state index contributed by atoms with van der Waals surface area (Å²) < 4.78 is 5.65. The molecule has 0 bridgehead atoms. The summed E-state index contributed by atoms with van der Waals surface area (Å²) in [7, 11) is 0. The van der Waals surface area contributed by atoms with Crippen LogP contribution in [0.25, 0.3) is 0 Å². The average Bonchev–Trinajstić information content (AvgIpc) is 2.52. The van der Waals surface area contributed by atoms with Gasteiger partial charge >= 0.3 is 0 Å². The molecule has 0 fully saturated rings. The number of nitro benzene ring substituents is 1. The van der Waals surface area contributed by atoms with Crippen LogP contribution >= 0.6 is 11.6 Å². The second-order valence-corrected chi connectivity index (χ2v) is 5.80. The minimum atomic E-state index is -0.736. The highest BCUT2D eigenvalue weighted by Crippen LogP contribution is 2.26. The van der Waals surface area contributed by atoms with Crippen molar-refractivity contribution < 1.29 is 14.5 Å². The number of aryl methyl sites for hydroxylation is 2. The number of rotatable bonds is 5. The fourth-order valence-electron chi connectivity index (χ4n) is 2.14. The first-order valence-corrected chi connectivity index (χ1v) is 7.64. The smallest absolute Gasteiger partial charge is 0.269 e. The Balaban J connectivity index is 2.03. The Morgan fingerprint density at radius 3 is 2.25 bits per heavy atom. The van der Waals surface area contributed by atoms with Crippen LogP contribution in [0.5, 0.6) is 5.75 Å². The maximum absolute atomic E-state index is 12.2. The van der Waals surface area contributed by atoms with Gasteiger partial charge in [0.25, 0.3) is 11.6 Å². The van der Waals surface area contributed by atoms with E-state index in [9.17, 15) is 14.9 Å².